The van der Waals surface area contributed by atoms with Crippen LogP contribution < -0.4 is 4.90 Å². The highest BCUT2D eigenvalue weighted by atomic mass is 32.1. The predicted octanol–water partition coefficient (Wildman–Crippen LogP) is 3.57. The molecule has 0 unspecified atom stereocenters. The zero-order chi connectivity index (χ0) is 20.4. The molecule has 0 saturated carbocycles. The van der Waals surface area contributed by atoms with E-state index in [2.05, 4.69) is 34.1 Å². The number of thiazole rings is 1. The average molecular weight is 411 g/mol. The molecule has 1 amide bonds. The van der Waals surface area contributed by atoms with Crippen LogP contribution in [0.3, 0.4) is 0 Å². The molecule has 0 atom stereocenters. The number of rotatable bonds is 5. The number of amides is 1. The minimum atomic E-state index is 0.00274. The molecular weight excluding hydrogens is 384 g/mol. The first-order valence-electron chi connectivity index (χ1n) is 9.77. The topological polar surface area (TPSA) is 50.6 Å². The van der Waals surface area contributed by atoms with Crippen molar-refractivity contribution in [1.82, 2.24) is 14.5 Å². The highest BCUT2D eigenvalue weighted by Crippen LogP contribution is 2.24. The van der Waals surface area contributed by atoms with Gasteiger partial charge in [0.1, 0.15) is 5.69 Å². The number of carbonyl (C=O) groups excluding carboxylic acids is 1. The highest BCUT2D eigenvalue weighted by molar-refractivity contribution is 7.09. The first-order valence-corrected chi connectivity index (χ1v) is 10.6. The highest BCUT2D eigenvalue weighted by Gasteiger charge is 2.18. The molecule has 3 heterocycles. The Morgan fingerprint density at radius 1 is 1.24 bits per heavy atom. The molecule has 1 saturated heterocycles. The second-order valence-corrected chi connectivity index (χ2v) is 8.47. The van der Waals surface area contributed by atoms with E-state index in [0.29, 0.717) is 12.2 Å². The van der Waals surface area contributed by atoms with Crippen molar-refractivity contribution in [3.63, 3.8) is 0 Å². The normalized spacial score (nSPS) is 14.2. The van der Waals surface area contributed by atoms with Crippen molar-refractivity contribution >= 4 is 22.9 Å². The maximum Gasteiger partial charge on any atom is 0.270 e. The van der Waals surface area contributed by atoms with Crippen molar-refractivity contribution in [2.24, 2.45) is 7.05 Å². The van der Waals surface area contributed by atoms with Gasteiger partial charge in [-0.15, -0.1) is 11.3 Å². The first-order chi connectivity index (χ1) is 14.0. The zero-order valence-electron chi connectivity index (χ0n) is 17.1. The Morgan fingerprint density at radius 3 is 2.62 bits per heavy atom. The Hall–Kier alpha value is -2.64. The summed E-state index contributed by atoms with van der Waals surface area (Å²) in [5.41, 5.74) is 4.88. The molecular formula is C22H26N4O2S. The molecule has 152 valence electrons. The van der Waals surface area contributed by atoms with E-state index >= 15 is 0 Å². The lowest BCUT2D eigenvalue weighted by molar-refractivity contribution is 0.0775. The second-order valence-electron chi connectivity index (χ2n) is 7.40. The maximum absolute atomic E-state index is 13.0. The van der Waals surface area contributed by atoms with Crippen LogP contribution in [-0.2, 0) is 18.3 Å². The van der Waals surface area contributed by atoms with Gasteiger partial charge in [-0.2, -0.15) is 0 Å². The van der Waals surface area contributed by atoms with Gasteiger partial charge in [0, 0.05) is 56.6 Å². The largest absolute Gasteiger partial charge is 0.378 e. The van der Waals surface area contributed by atoms with Crippen molar-refractivity contribution < 1.29 is 9.53 Å². The number of nitrogens with zero attached hydrogens (tertiary/aromatic N) is 4. The third kappa shape index (κ3) is 4.36. The Kier molecular flexibility index (Phi) is 5.69. The van der Waals surface area contributed by atoms with E-state index in [1.807, 2.05) is 43.2 Å². The molecule has 0 spiro atoms. The molecule has 1 aliphatic rings. The van der Waals surface area contributed by atoms with Gasteiger partial charge < -0.3 is 19.1 Å². The number of aromatic nitrogens is 2. The van der Waals surface area contributed by atoms with Crippen molar-refractivity contribution in [2.75, 3.05) is 38.3 Å². The molecule has 1 fully saturated rings. The van der Waals surface area contributed by atoms with Crippen LogP contribution in [0.25, 0.3) is 11.3 Å². The zero-order valence-corrected chi connectivity index (χ0v) is 17.9. The van der Waals surface area contributed by atoms with E-state index in [4.69, 9.17) is 4.74 Å². The van der Waals surface area contributed by atoms with Crippen LogP contribution in [0.15, 0.2) is 41.9 Å². The number of ether oxygens (including phenoxy) is 1. The summed E-state index contributed by atoms with van der Waals surface area (Å²) >= 11 is 1.62. The van der Waals surface area contributed by atoms with Gasteiger partial charge in [0.25, 0.3) is 5.91 Å². The Morgan fingerprint density at radius 2 is 1.97 bits per heavy atom. The van der Waals surface area contributed by atoms with Gasteiger partial charge in [-0.05, 0) is 30.7 Å². The van der Waals surface area contributed by atoms with Crippen molar-refractivity contribution in [3.05, 3.63) is 58.2 Å². The fraction of sp³-hybridized carbons (Fsp3) is 0.364. The van der Waals surface area contributed by atoms with Gasteiger partial charge in [0.05, 0.1) is 23.9 Å². The van der Waals surface area contributed by atoms with Gasteiger partial charge in [0.2, 0.25) is 0 Å². The summed E-state index contributed by atoms with van der Waals surface area (Å²) in [7, 11) is 3.75. The van der Waals surface area contributed by atoms with E-state index < -0.39 is 0 Å². The quantitative estimate of drug-likeness (QED) is 0.645. The van der Waals surface area contributed by atoms with Gasteiger partial charge >= 0.3 is 0 Å². The van der Waals surface area contributed by atoms with Gasteiger partial charge in [0.15, 0.2) is 0 Å². The number of morpholine rings is 1. The van der Waals surface area contributed by atoms with E-state index in [0.717, 1.165) is 48.1 Å². The van der Waals surface area contributed by atoms with Crippen LogP contribution >= 0.6 is 11.3 Å². The molecule has 0 N–H and O–H groups in total. The summed E-state index contributed by atoms with van der Waals surface area (Å²) in [6, 6.07) is 10.4. The summed E-state index contributed by atoms with van der Waals surface area (Å²) in [6.45, 7) is 5.95. The number of aryl methyl sites for hydroxylation is 2. The molecule has 0 bridgehead atoms. The van der Waals surface area contributed by atoms with E-state index in [1.165, 1.54) is 5.69 Å². The lowest BCUT2D eigenvalue weighted by Gasteiger charge is -2.29. The van der Waals surface area contributed by atoms with Gasteiger partial charge in [-0.3, -0.25) is 4.79 Å². The molecule has 1 aliphatic heterocycles. The summed E-state index contributed by atoms with van der Waals surface area (Å²) in [6.07, 6.45) is 1.96. The fourth-order valence-corrected chi connectivity index (χ4v) is 4.21. The maximum atomic E-state index is 13.0. The van der Waals surface area contributed by atoms with Crippen LogP contribution in [0, 0.1) is 6.92 Å². The summed E-state index contributed by atoms with van der Waals surface area (Å²) in [4.78, 5) is 21.6. The molecule has 0 aliphatic carbocycles. The number of hydrogen-bond donors (Lipinski definition) is 0. The molecule has 4 rings (SSSR count). The SMILES string of the molecule is Cc1nc(-c2cc(C(=O)N(C)Cc3ccc(N4CCOCC4)cc3)n(C)c2)cs1. The number of carbonyl (C=O) groups is 1. The molecule has 7 heteroatoms. The van der Waals surface area contributed by atoms with E-state index in [1.54, 1.807) is 16.2 Å². The third-order valence-electron chi connectivity index (χ3n) is 5.22. The molecule has 2 aromatic heterocycles. The van der Waals surface area contributed by atoms with E-state index in [9.17, 15) is 4.79 Å². The second kappa shape index (κ2) is 8.39. The van der Waals surface area contributed by atoms with Crippen LogP contribution in [-0.4, -0.2) is 53.7 Å². The monoisotopic (exact) mass is 410 g/mol. The molecule has 1 aromatic carbocycles. The molecule has 6 nitrogen and oxygen atoms in total. The van der Waals surface area contributed by atoms with E-state index in [-0.39, 0.29) is 5.91 Å². The number of hydrogen-bond acceptors (Lipinski definition) is 5. The summed E-state index contributed by atoms with van der Waals surface area (Å²) in [5.74, 6) is 0.00274. The summed E-state index contributed by atoms with van der Waals surface area (Å²) < 4.78 is 7.29. The first kappa shape index (κ1) is 19.7. The van der Waals surface area contributed by atoms with Crippen molar-refractivity contribution in [1.29, 1.82) is 0 Å². The summed E-state index contributed by atoms with van der Waals surface area (Å²) in [5, 5.41) is 3.05. The third-order valence-corrected chi connectivity index (χ3v) is 5.99. The molecule has 29 heavy (non-hydrogen) atoms. The fourth-order valence-electron chi connectivity index (χ4n) is 3.59. The van der Waals surface area contributed by atoms with Crippen LogP contribution in [0.1, 0.15) is 21.1 Å². The lowest BCUT2D eigenvalue weighted by atomic mass is 10.1. The molecule has 0 radical (unpaired) electrons. The Labute approximate surface area is 175 Å². The van der Waals surface area contributed by atoms with Crippen LogP contribution in [0.2, 0.25) is 0 Å². The van der Waals surface area contributed by atoms with Gasteiger partial charge in [-0.1, -0.05) is 12.1 Å². The van der Waals surface area contributed by atoms with Crippen molar-refractivity contribution in [2.45, 2.75) is 13.5 Å². The number of anilines is 1. The van der Waals surface area contributed by atoms with Crippen molar-refractivity contribution in [3.8, 4) is 11.3 Å². The van der Waals surface area contributed by atoms with Crippen LogP contribution in [0.5, 0.6) is 0 Å². The Bertz CT molecular complexity index is 987. The molecule has 3 aromatic rings. The number of benzene rings is 1. The minimum Gasteiger partial charge on any atom is -0.378 e. The standard InChI is InChI=1S/C22H26N4O2S/c1-16-23-20(15-29-16)18-12-21(24(2)14-18)22(27)25(3)13-17-4-6-19(7-5-17)26-8-10-28-11-9-26/h4-7,12,14-15H,8-11,13H2,1-3H3. The van der Waals surface area contributed by atoms with Crippen LogP contribution in [0.4, 0.5) is 5.69 Å². The smallest absolute Gasteiger partial charge is 0.270 e. The lowest BCUT2D eigenvalue weighted by Crippen LogP contribution is -2.36. The average Bonchev–Trinajstić information content (AvgIpc) is 3.34. The minimum absolute atomic E-state index is 0.00274. The Balaban J connectivity index is 1.43. The predicted molar refractivity (Wildman–Crippen MR) is 117 cm³/mol. The van der Waals surface area contributed by atoms with Gasteiger partial charge in [-0.25, -0.2) is 4.98 Å².